The van der Waals surface area contributed by atoms with Crippen molar-refractivity contribution in [2.24, 2.45) is 0 Å². The Balaban J connectivity index is 1.60. The number of rotatable bonds is 4. The molecule has 0 bridgehead atoms. The Morgan fingerprint density at radius 3 is 2.63 bits per heavy atom. The summed E-state index contributed by atoms with van der Waals surface area (Å²) in [4.78, 5) is 10.6. The van der Waals surface area contributed by atoms with Crippen molar-refractivity contribution in [2.45, 2.75) is 50.9 Å². The highest BCUT2D eigenvalue weighted by Gasteiger charge is 2.34. The third-order valence-corrected chi connectivity index (χ3v) is 3.95. The molecule has 2 aliphatic rings. The minimum Gasteiger partial charge on any atom is -0.338 e. The SMILES string of the molecule is CCc1cnc(N2CCC(NC3CC3)C(F)C2)nc1. The quantitative estimate of drug-likeness (QED) is 0.899. The average molecular weight is 264 g/mol. The molecule has 2 unspecified atom stereocenters. The molecule has 1 saturated heterocycles. The topological polar surface area (TPSA) is 41.1 Å². The van der Waals surface area contributed by atoms with Crippen LogP contribution >= 0.6 is 0 Å². The molecule has 1 aliphatic carbocycles. The van der Waals surface area contributed by atoms with Crippen molar-refractivity contribution in [1.29, 1.82) is 0 Å². The van der Waals surface area contributed by atoms with Gasteiger partial charge in [0.05, 0.1) is 6.54 Å². The third kappa shape index (κ3) is 3.03. The maximum atomic E-state index is 14.2. The number of hydrogen-bond donors (Lipinski definition) is 1. The molecule has 2 heterocycles. The maximum absolute atomic E-state index is 14.2. The van der Waals surface area contributed by atoms with Crippen LogP contribution in [0.2, 0.25) is 0 Å². The number of halogens is 1. The average Bonchev–Trinajstić information content (AvgIpc) is 3.25. The molecule has 0 spiro atoms. The fourth-order valence-corrected chi connectivity index (χ4v) is 2.52. The van der Waals surface area contributed by atoms with Crippen molar-refractivity contribution in [3.8, 4) is 0 Å². The van der Waals surface area contributed by atoms with E-state index in [0.717, 1.165) is 24.9 Å². The van der Waals surface area contributed by atoms with Crippen LogP contribution in [0, 0.1) is 0 Å². The molecule has 19 heavy (non-hydrogen) atoms. The lowest BCUT2D eigenvalue weighted by atomic mass is 10.0. The molecule has 1 N–H and O–H groups in total. The molecule has 5 heteroatoms. The molecular formula is C14H21FN4. The van der Waals surface area contributed by atoms with Gasteiger partial charge in [-0.1, -0.05) is 6.92 Å². The van der Waals surface area contributed by atoms with Crippen molar-refractivity contribution in [1.82, 2.24) is 15.3 Å². The van der Waals surface area contributed by atoms with E-state index in [-0.39, 0.29) is 6.04 Å². The zero-order valence-electron chi connectivity index (χ0n) is 11.3. The first-order valence-corrected chi connectivity index (χ1v) is 7.22. The molecule has 0 aromatic carbocycles. The second-order valence-corrected chi connectivity index (χ2v) is 5.54. The number of anilines is 1. The van der Waals surface area contributed by atoms with E-state index in [4.69, 9.17) is 0 Å². The third-order valence-electron chi connectivity index (χ3n) is 3.95. The van der Waals surface area contributed by atoms with Crippen LogP contribution in [0.3, 0.4) is 0 Å². The summed E-state index contributed by atoms with van der Waals surface area (Å²) >= 11 is 0. The number of nitrogens with zero attached hydrogens (tertiary/aromatic N) is 3. The largest absolute Gasteiger partial charge is 0.338 e. The molecule has 3 rings (SSSR count). The van der Waals surface area contributed by atoms with Gasteiger partial charge in [-0.15, -0.1) is 0 Å². The lowest BCUT2D eigenvalue weighted by molar-refractivity contribution is 0.217. The molecule has 1 aromatic heterocycles. The fourth-order valence-electron chi connectivity index (χ4n) is 2.52. The van der Waals surface area contributed by atoms with E-state index in [0.29, 0.717) is 18.5 Å². The smallest absolute Gasteiger partial charge is 0.225 e. The number of hydrogen-bond acceptors (Lipinski definition) is 4. The van der Waals surface area contributed by atoms with Crippen molar-refractivity contribution in [3.05, 3.63) is 18.0 Å². The van der Waals surface area contributed by atoms with E-state index in [9.17, 15) is 4.39 Å². The normalized spacial score (nSPS) is 27.6. The summed E-state index contributed by atoms with van der Waals surface area (Å²) < 4.78 is 14.2. The molecule has 104 valence electrons. The van der Waals surface area contributed by atoms with E-state index >= 15 is 0 Å². The van der Waals surface area contributed by atoms with Crippen LogP contribution in [0.1, 0.15) is 31.7 Å². The highest BCUT2D eigenvalue weighted by molar-refractivity contribution is 5.31. The van der Waals surface area contributed by atoms with Gasteiger partial charge < -0.3 is 10.2 Å². The zero-order chi connectivity index (χ0) is 13.2. The summed E-state index contributed by atoms with van der Waals surface area (Å²) in [6.45, 7) is 3.30. The lowest BCUT2D eigenvalue weighted by Crippen LogP contribution is -2.51. The Morgan fingerprint density at radius 1 is 1.32 bits per heavy atom. The first-order valence-electron chi connectivity index (χ1n) is 7.22. The van der Waals surface area contributed by atoms with E-state index in [1.165, 1.54) is 12.8 Å². The lowest BCUT2D eigenvalue weighted by Gasteiger charge is -2.35. The molecule has 1 saturated carbocycles. The fraction of sp³-hybridized carbons (Fsp3) is 0.714. The Hall–Kier alpha value is -1.23. The Labute approximate surface area is 113 Å². The number of nitrogens with one attached hydrogen (secondary N) is 1. The number of piperidine rings is 1. The van der Waals surface area contributed by atoms with Gasteiger partial charge in [-0.05, 0) is 31.2 Å². The molecule has 2 atom stereocenters. The molecule has 0 radical (unpaired) electrons. The first-order chi connectivity index (χ1) is 9.26. The van der Waals surface area contributed by atoms with Gasteiger partial charge in [-0.25, -0.2) is 14.4 Å². The molecular weight excluding hydrogens is 243 g/mol. The molecule has 0 amide bonds. The van der Waals surface area contributed by atoms with Crippen molar-refractivity contribution < 1.29 is 4.39 Å². The predicted molar refractivity (Wildman–Crippen MR) is 73.1 cm³/mol. The van der Waals surface area contributed by atoms with Crippen molar-refractivity contribution >= 4 is 5.95 Å². The monoisotopic (exact) mass is 264 g/mol. The number of aromatic nitrogens is 2. The summed E-state index contributed by atoms with van der Waals surface area (Å²) in [7, 11) is 0. The standard InChI is InChI=1S/C14H21FN4/c1-2-10-7-16-14(17-8-10)19-6-5-13(12(15)9-19)18-11-3-4-11/h7-8,11-13,18H,2-6,9H2,1H3. The second kappa shape index (κ2) is 5.41. The minimum absolute atomic E-state index is 0.0127. The van der Waals surface area contributed by atoms with Crippen LogP contribution in [0.5, 0.6) is 0 Å². The van der Waals surface area contributed by atoms with Gasteiger partial charge in [0, 0.05) is 31.0 Å². The summed E-state index contributed by atoms with van der Waals surface area (Å²) in [5, 5.41) is 3.39. The highest BCUT2D eigenvalue weighted by atomic mass is 19.1. The van der Waals surface area contributed by atoms with Crippen LogP contribution in [0.4, 0.5) is 10.3 Å². The van der Waals surface area contributed by atoms with E-state index in [1.54, 1.807) is 0 Å². The van der Waals surface area contributed by atoms with Crippen LogP contribution in [-0.4, -0.2) is 41.3 Å². The molecule has 1 aliphatic heterocycles. The van der Waals surface area contributed by atoms with Gasteiger partial charge in [0.25, 0.3) is 0 Å². The summed E-state index contributed by atoms with van der Waals surface area (Å²) in [5.74, 6) is 0.657. The van der Waals surface area contributed by atoms with E-state index in [1.807, 2.05) is 17.3 Å². The van der Waals surface area contributed by atoms with Gasteiger partial charge >= 0.3 is 0 Å². The summed E-state index contributed by atoms with van der Waals surface area (Å²) in [5.41, 5.74) is 1.12. The molecule has 2 fully saturated rings. The highest BCUT2D eigenvalue weighted by Crippen LogP contribution is 2.24. The van der Waals surface area contributed by atoms with Gasteiger partial charge in [-0.2, -0.15) is 0 Å². The van der Waals surface area contributed by atoms with Crippen molar-refractivity contribution in [3.63, 3.8) is 0 Å². The predicted octanol–water partition coefficient (Wildman–Crippen LogP) is 1.71. The van der Waals surface area contributed by atoms with Crippen LogP contribution < -0.4 is 10.2 Å². The second-order valence-electron chi connectivity index (χ2n) is 5.54. The van der Waals surface area contributed by atoms with Crippen molar-refractivity contribution in [2.75, 3.05) is 18.0 Å². The molecule has 4 nitrogen and oxygen atoms in total. The van der Waals surface area contributed by atoms with Gasteiger partial charge in [0.15, 0.2) is 0 Å². The number of aryl methyl sites for hydroxylation is 1. The first kappa shape index (κ1) is 12.8. The number of alkyl halides is 1. The van der Waals surface area contributed by atoms with E-state index in [2.05, 4.69) is 22.2 Å². The zero-order valence-corrected chi connectivity index (χ0v) is 11.3. The Bertz CT molecular complexity index is 418. The summed E-state index contributed by atoms with van der Waals surface area (Å²) in [6, 6.07) is 0.577. The Kier molecular flexibility index (Phi) is 3.64. The summed E-state index contributed by atoms with van der Waals surface area (Å²) in [6.07, 6.45) is 7.01. The van der Waals surface area contributed by atoms with Crippen LogP contribution in [0.15, 0.2) is 12.4 Å². The van der Waals surface area contributed by atoms with Gasteiger partial charge in [-0.3, -0.25) is 0 Å². The van der Waals surface area contributed by atoms with E-state index < -0.39 is 6.17 Å². The van der Waals surface area contributed by atoms with Crippen LogP contribution in [0.25, 0.3) is 0 Å². The van der Waals surface area contributed by atoms with Crippen LogP contribution in [-0.2, 0) is 6.42 Å². The maximum Gasteiger partial charge on any atom is 0.225 e. The Morgan fingerprint density at radius 2 is 2.05 bits per heavy atom. The molecule has 1 aromatic rings. The van der Waals surface area contributed by atoms with Gasteiger partial charge in [0.2, 0.25) is 5.95 Å². The van der Waals surface area contributed by atoms with Gasteiger partial charge in [0.1, 0.15) is 6.17 Å². The minimum atomic E-state index is -0.830.